The number of pyridine rings is 1. The maximum atomic E-state index is 10.9. The van der Waals surface area contributed by atoms with E-state index < -0.39 is 4.92 Å². The smallest absolute Gasteiger partial charge is 0.274 e. The van der Waals surface area contributed by atoms with E-state index in [1.165, 1.54) is 6.07 Å². The Hall–Kier alpha value is -2.76. The van der Waals surface area contributed by atoms with Gasteiger partial charge in [-0.1, -0.05) is 6.07 Å². The molecule has 0 bridgehead atoms. The first kappa shape index (κ1) is 11.3. The summed E-state index contributed by atoms with van der Waals surface area (Å²) in [4.78, 5) is 18.8. The monoisotopic (exact) mass is 255 g/mol. The third-order valence-corrected chi connectivity index (χ3v) is 2.79. The maximum absolute atomic E-state index is 10.9. The van der Waals surface area contributed by atoms with Gasteiger partial charge in [0.15, 0.2) is 5.58 Å². The van der Waals surface area contributed by atoms with Crippen molar-refractivity contribution in [1.29, 1.82) is 0 Å². The maximum Gasteiger partial charge on any atom is 0.274 e. The second kappa shape index (κ2) is 4.16. The number of oxazole rings is 1. The van der Waals surface area contributed by atoms with Crippen molar-refractivity contribution in [2.45, 2.75) is 6.92 Å². The molecule has 0 atom stereocenters. The summed E-state index contributed by atoms with van der Waals surface area (Å²) in [7, 11) is 0. The van der Waals surface area contributed by atoms with Gasteiger partial charge in [0.2, 0.25) is 5.89 Å². The number of hydrogen-bond donors (Lipinski definition) is 0. The number of fused-ring (bicyclic) bond motifs is 1. The molecule has 0 aliphatic rings. The van der Waals surface area contributed by atoms with Gasteiger partial charge in [-0.3, -0.25) is 15.1 Å². The summed E-state index contributed by atoms with van der Waals surface area (Å²) in [6, 6.07) is 8.42. The predicted molar refractivity (Wildman–Crippen MR) is 68.6 cm³/mol. The number of nitro groups is 1. The number of hydrogen-bond acceptors (Lipinski definition) is 5. The molecule has 19 heavy (non-hydrogen) atoms. The lowest BCUT2D eigenvalue weighted by Crippen LogP contribution is -1.90. The zero-order valence-corrected chi connectivity index (χ0v) is 10.0. The average Bonchev–Trinajstić information content (AvgIpc) is 2.81. The quantitative estimate of drug-likeness (QED) is 0.519. The van der Waals surface area contributed by atoms with Gasteiger partial charge in [-0.2, -0.15) is 0 Å². The average molecular weight is 255 g/mol. The van der Waals surface area contributed by atoms with E-state index in [0.29, 0.717) is 28.2 Å². The van der Waals surface area contributed by atoms with Gasteiger partial charge in [0, 0.05) is 17.8 Å². The molecule has 0 unspecified atom stereocenters. The minimum Gasteiger partial charge on any atom is -0.435 e. The Morgan fingerprint density at radius 2 is 2.16 bits per heavy atom. The van der Waals surface area contributed by atoms with E-state index in [-0.39, 0.29) is 5.69 Å². The molecule has 0 N–H and O–H groups in total. The van der Waals surface area contributed by atoms with Crippen LogP contribution < -0.4 is 0 Å². The fraction of sp³-hybridized carbons (Fsp3) is 0.0769. The minimum absolute atomic E-state index is 0.0355. The van der Waals surface area contributed by atoms with Crippen molar-refractivity contribution in [3.8, 4) is 11.6 Å². The number of nitrogens with zero attached hydrogens (tertiary/aromatic N) is 3. The van der Waals surface area contributed by atoms with Gasteiger partial charge in [-0.25, -0.2) is 4.98 Å². The summed E-state index contributed by atoms with van der Waals surface area (Å²) in [6.07, 6.45) is 1.64. The molecular formula is C13H9N3O3. The molecule has 0 aliphatic heterocycles. The van der Waals surface area contributed by atoms with E-state index in [1.54, 1.807) is 31.3 Å². The van der Waals surface area contributed by atoms with E-state index in [4.69, 9.17) is 4.42 Å². The van der Waals surface area contributed by atoms with Gasteiger partial charge in [-0.15, -0.1) is 0 Å². The second-order valence-electron chi connectivity index (χ2n) is 4.10. The first-order chi connectivity index (χ1) is 9.15. The van der Waals surface area contributed by atoms with Crippen LogP contribution in [0.25, 0.3) is 22.7 Å². The SMILES string of the molecule is Cc1cc2oc(-c3ccccn3)nc2cc1[N+](=O)[O-]. The van der Waals surface area contributed by atoms with Gasteiger partial charge in [-0.05, 0) is 25.1 Å². The van der Waals surface area contributed by atoms with Crippen LogP contribution in [0.1, 0.15) is 5.56 Å². The highest BCUT2D eigenvalue weighted by atomic mass is 16.6. The third kappa shape index (κ3) is 1.93. The molecule has 0 radical (unpaired) electrons. The topological polar surface area (TPSA) is 82.1 Å². The van der Waals surface area contributed by atoms with Gasteiger partial charge in [0.05, 0.1) is 4.92 Å². The molecule has 3 aromatic rings. The van der Waals surface area contributed by atoms with Crippen molar-refractivity contribution < 1.29 is 9.34 Å². The molecule has 2 heterocycles. The Labute approximate surface area is 107 Å². The number of aromatic nitrogens is 2. The van der Waals surface area contributed by atoms with Crippen molar-refractivity contribution in [2.75, 3.05) is 0 Å². The summed E-state index contributed by atoms with van der Waals surface area (Å²) >= 11 is 0. The normalized spacial score (nSPS) is 10.8. The fourth-order valence-electron chi connectivity index (χ4n) is 1.86. The van der Waals surface area contributed by atoms with Crippen molar-refractivity contribution in [1.82, 2.24) is 9.97 Å². The highest BCUT2D eigenvalue weighted by molar-refractivity contribution is 5.79. The van der Waals surface area contributed by atoms with E-state index in [9.17, 15) is 10.1 Å². The summed E-state index contributed by atoms with van der Waals surface area (Å²) in [6.45, 7) is 1.67. The first-order valence-electron chi connectivity index (χ1n) is 5.62. The summed E-state index contributed by atoms with van der Waals surface area (Å²) in [5.41, 5.74) is 2.15. The van der Waals surface area contributed by atoms with Crippen LogP contribution in [0.2, 0.25) is 0 Å². The molecule has 0 amide bonds. The zero-order valence-electron chi connectivity index (χ0n) is 10.0. The lowest BCUT2D eigenvalue weighted by Gasteiger charge is -1.94. The molecule has 2 aromatic heterocycles. The van der Waals surface area contributed by atoms with Crippen molar-refractivity contribution in [2.24, 2.45) is 0 Å². The number of benzene rings is 1. The summed E-state index contributed by atoms with van der Waals surface area (Å²) < 4.78 is 5.57. The zero-order chi connectivity index (χ0) is 13.4. The van der Waals surface area contributed by atoms with Crippen LogP contribution in [-0.2, 0) is 0 Å². The highest BCUT2D eigenvalue weighted by Crippen LogP contribution is 2.28. The molecule has 94 valence electrons. The molecule has 0 aliphatic carbocycles. The van der Waals surface area contributed by atoms with Gasteiger partial charge in [0.1, 0.15) is 11.2 Å². The Morgan fingerprint density at radius 1 is 1.32 bits per heavy atom. The van der Waals surface area contributed by atoms with Gasteiger partial charge >= 0.3 is 0 Å². The van der Waals surface area contributed by atoms with Gasteiger partial charge < -0.3 is 4.42 Å². The van der Waals surface area contributed by atoms with Crippen LogP contribution in [-0.4, -0.2) is 14.9 Å². The van der Waals surface area contributed by atoms with E-state index >= 15 is 0 Å². The number of aryl methyl sites for hydroxylation is 1. The largest absolute Gasteiger partial charge is 0.435 e. The number of rotatable bonds is 2. The van der Waals surface area contributed by atoms with E-state index in [0.717, 1.165) is 0 Å². The van der Waals surface area contributed by atoms with Crippen LogP contribution in [0.4, 0.5) is 5.69 Å². The molecule has 0 saturated heterocycles. The Balaban J connectivity index is 2.19. The molecule has 6 nitrogen and oxygen atoms in total. The minimum atomic E-state index is -0.427. The van der Waals surface area contributed by atoms with Crippen molar-refractivity contribution >= 4 is 16.8 Å². The molecular weight excluding hydrogens is 246 g/mol. The number of nitro benzene ring substituents is 1. The molecule has 6 heteroatoms. The van der Waals surface area contributed by atoms with Crippen LogP contribution in [0.15, 0.2) is 40.9 Å². The molecule has 1 aromatic carbocycles. The Kier molecular flexibility index (Phi) is 2.49. The Morgan fingerprint density at radius 3 is 2.84 bits per heavy atom. The first-order valence-corrected chi connectivity index (χ1v) is 5.62. The fourth-order valence-corrected chi connectivity index (χ4v) is 1.86. The predicted octanol–water partition coefficient (Wildman–Crippen LogP) is 3.11. The Bertz CT molecular complexity index is 765. The lowest BCUT2D eigenvalue weighted by atomic mass is 10.2. The van der Waals surface area contributed by atoms with Gasteiger partial charge in [0.25, 0.3) is 5.69 Å². The lowest BCUT2D eigenvalue weighted by molar-refractivity contribution is -0.385. The molecule has 0 fully saturated rings. The molecule has 0 spiro atoms. The summed E-state index contributed by atoms with van der Waals surface area (Å²) in [5, 5.41) is 10.9. The molecule has 3 rings (SSSR count). The highest BCUT2D eigenvalue weighted by Gasteiger charge is 2.16. The van der Waals surface area contributed by atoms with E-state index in [2.05, 4.69) is 9.97 Å². The van der Waals surface area contributed by atoms with Crippen LogP contribution in [0, 0.1) is 17.0 Å². The third-order valence-electron chi connectivity index (χ3n) is 2.79. The molecule has 0 saturated carbocycles. The standard InChI is InChI=1S/C13H9N3O3/c1-8-6-12-10(7-11(8)16(17)18)15-13(19-12)9-4-2-3-5-14-9/h2-7H,1H3. The van der Waals surface area contributed by atoms with E-state index in [1.807, 2.05) is 6.07 Å². The van der Waals surface area contributed by atoms with Crippen molar-refractivity contribution in [3.05, 3.63) is 52.2 Å². The van der Waals surface area contributed by atoms with Crippen LogP contribution in [0.3, 0.4) is 0 Å². The second-order valence-corrected chi connectivity index (χ2v) is 4.10. The summed E-state index contributed by atoms with van der Waals surface area (Å²) in [5.74, 6) is 0.357. The van der Waals surface area contributed by atoms with Crippen molar-refractivity contribution in [3.63, 3.8) is 0 Å². The van der Waals surface area contributed by atoms with Crippen LogP contribution in [0.5, 0.6) is 0 Å². The van der Waals surface area contributed by atoms with Crippen LogP contribution >= 0.6 is 0 Å².